The van der Waals surface area contributed by atoms with Crippen molar-refractivity contribution in [1.82, 2.24) is 5.32 Å². The minimum absolute atomic E-state index is 0.0655. The molecule has 0 aromatic heterocycles. The predicted octanol–water partition coefficient (Wildman–Crippen LogP) is 4.15. The van der Waals surface area contributed by atoms with E-state index in [1.807, 2.05) is 32.0 Å². The van der Waals surface area contributed by atoms with Crippen molar-refractivity contribution < 1.29 is 4.79 Å². The van der Waals surface area contributed by atoms with E-state index in [1.165, 1.54) is 25.7 Å². The highest BCUT2D eigenvalue weighted by atomic mass is 16.2. The second kappa shape index (κ2) is 6.60. The second-order valence-corrected chi connectivity index (χ2v) is 5.55. The second-order valence-electron chi connectivity index (χ2n) is 5.55. The number of urea groups is 1. The zero-order valence-corrected chi connectivity index (χ0v) is 12.0. The quantitative estimate of drug-likeness (QED) is 0.771. The number of amides is 2. The first-order valence-electron chi connectivity index (χ1n) is 7.30. The number of hydrogen-bond donors (Lipinski definition) is 2. The molecule has 1 aromatic rings. The van der Waals surface area contributed by atoms with Gasteiger partial charge >= 0.3 is 6.03 Å². The zero-order valence-electron chi connectivity index (χ0n) is 12.0. The maximum Gasteiger partial charge on any atom is 0.319 e. The van der Waals surface area contributed by atoms with Gasteiger partial charge in [-0.25, -0.2) is 4.79 Å². The van der Waals surface area contributed by atoms with Gasteiger partial charge in [0.25, 0.3) is 0 Å². The van der Waals surface area contributed by atoms with Gasteiger partial charge in [0.15, 0.2) is 0 Å². The molecule has 1 fully saturated rings. The van der Waals surface area contributed by atoms with E-state index in [2.05, 4.69) is 10.6 Å². The Balaban J connectivity index is 1.93. The minimum Gasteiger partial charge on any atom is -0.335 e. The Morgan fingerprint density at radius 1 is 1.05 bits per heavy atom. The molecule has 0 saturated heterocycles. The Kier molecular flexibility index (Phi) is 4.83. The van der Waals surface area contributed by atoms with Gasteiger partial charge in [-0.1, -0.05) is 43.9 Å². The Bertz CT molecular complexity index is 414. The molecule has 1 aliphatic carbocycles. The highest BCUT2D eigenvalue weighted by Gasteiger charge is 2.15. The van der Waals surface area contributed by atoms with Crippen LogP contribution in [0.15, 0.2) is 18.2 Å². The summed E-state index contributed by atoms with van der Waals surface area (Å²) in [5, 5.41) is 6.11. The van der Waals surface area contributed by atoms with Gasteiger partial charge in [0.05, 0.1) is 0 Å². The SMILES string of the molecule is Cc1cccc(C)c1NC(=O)NC1CCCCCC1. The van der Waals surface area contributed by atoms with Gasteiger partial charge in [0, 0.05) is 11.7 Å². The fourth-order valence-electron chi connectivity index (χ4n) is 2.77. The van der Waals surface area contributed by atoms with Gasteiger partial charge in [-0.05, 0) is 37.8 Å². The van der Waals surface area contributed by atoms with Gasteiger partial charge in [-0.3, -0.25) is 0 Å². The fourth-order valence-corrected chi connectivity index (χ4v) is 2.77. The zero-order chi connectivity index (χ0) is 13.7. The van der Waals surface area contributed by atoms with E-state index in [1.54, 1.807) is 0 Å². The van der Waals surface area contributed by atoms with E-state index in [9.17, 15) is 4.79 Å². The smallest absolute Gasteiger partial charge is 0.319 e. The maximum absolute atomic E-state index is 12.1. The van der Waals surface area contributed by atoms with Crippen LogP contribution in [0.3, 0.4) is 0 Å². The summed E-state index contributed by atoms with van der Waals surface area (Å²) in [7, 11) is 0. The number of benzene rings is 1. The molecule has 1 saturated carbocycles. The van der Waals surface area contributed by atoms with E-state index in [-0.39, 0.29) is 6.03 Å². The molecule has 0 heterocycles. The molecular formula is C16H24N2O. The monoisotopic (exact) mass is 260 g/mol. The molecule has 3 nitrogen and oxygen atoms in total. The lowest BCUT2D eigenvalue weighted by atomic mass is 10.1. The highest BCUT2D eigenvalue weighted by molar-refractivity contribution is 5.91. The maximum atomic E-state index is 12.1. The molecule has 0 aliphatic heterocycles. The van der Waals surface area contributed by atoms with Crippen molar-refractivity contribution in [2.75, 3.05) is 5.32 Å². The van der Waals surface area contributed by atoms with Crippen LogP contribution in [0.25, 0.3) is 0 Å². The summed E-state index contributed by atoms with van der Waals surface area (Å²) < 4.78 is 0. The fraction of sp³-hybridized carbons (Fsp3) is 0.562. The summed E-state index contributed by atoms with van der Waals surface area (Å²) in [6, 6.07) is 6.33. The van der Waals surface area contributed by atoms with Crippen molar-refractivity contribution in [3.63, 3.8) is 0 Å². The van der Waals surface area contributed by atoms with Crippen LogP contribution in [-0.4, -0.2) is 12.1 Å². The number of carbonyl (C=O) groups is 1. The van der Waals surface area contributed by atoms with Gasteiger partial charge in [-0.15, -0.1) is 0 Å². The van der Waals surface area contributed by atoms with Crippen LogP contribution in [-0.2, 0) is 0 Å². The van der Waals surface area contributed by atoms with Crippen LogP contribution in [0.1, 0.15) is 49.7 Å². The van der Waals surface area contributed by atoms with Crippen LogP contribution in [0.2, 0.25) is 0 Å². The lowest BCUT2D eigenvalue weighted by molar-refractivity contribution is 0.247. The molecular weight excluding hydrogens is 236 g/mol. The normalized spacial score (nSPS) is 16.7. The summed E-state index contributed by atoms with van der Waals surface area (Å²) in [5.74, 6) is 0. The van der Waals surface area contributed by atoms with Gasteiger partial charge in [0.2, 0.25) is 0 Å². The molecule has 2 N–H and O–H groups in total. The molecule has 0 radical (unpaired) electrons. The third-order valence-electron chi connectivity index (χ3n) is 3.91. The number of aryl methyl sites for hydroxylation is 2. The van der Waals surface area contributed by atoms with Crippen molar-refractivity contribution >= 4 is 11.7 Å². The average molecular weight is 260 g/mol. The summed E-state index contributed by atoms with van der Waals surface area (Å²) in [4.78, 5) is 12.1. The van der Waals surface area contributed by atoms with E-state index < -0.39 is 0 Å². The van der Waals surface area contributed by atoms with Crippen molar-refractivity contribution in [3.8, 4) is 0 Å². The minimum atomic E-state index is -0.0655. The first kappa shape index (κ1) is 13.9. The first-order chi connectivity index (χ1) is 9.16. The molecule has 0 unspecified atom stereocenters. The third kappa shape index (κ3) is 3.98. The molecule has 0 bridgehead atoms. The highest BCUT2D eigenvalue weighted by Crippen LogP contribution is 2.20. The number of nitrogens with one attached hydrogen (secondary N) is 2. The molecule has 1 aromatic carbocycles. The van der Waals surface area contributed by atoms with Crippen LogP contribution >= 0.6 is 0 Å². The van der Waals surface area contributed by atoms with Crippen molar-refractivity contribution in [1.29, 1.82) is 0 Å². The molecule has 1 aliphatic rings. The number of rotatable bonds is 2. The molecule has 0 spiro atoms. The predicted molar refractivity (Wildman–Crippen MR) is 79.6 cm³/mol. The van der Waals surface area contributed by atoms with Crippen LogP contribution in [0.4, 0.5) is 10.5 Å². The molecule has 0 atom stereocenters. The molecule has 3 heteroatoms. The largest absolute Gasteiger partial charge is 0.335 e. The summed E-state index contributed by atoms with van der Waals surface area (Å²) >= 11 is 0. The van der Waals surface area contributed by atoms with E-state index in [0.717, 1.165) is 29.7 Å². The number of carbonyl (C=O) groups excluding carboxylic acids is 1. The Morgan fingerprint density at radius 3 is 2.21 bits per heavy atom. The van der Waals surface area contributed by atoms with Gasteiger partial charge < -0.3 is 10.6 Å². The van der Waals surface area contributed by atoms with Crippen molar-refractivity contribution in [2.24, 2.45) is 0 Å². The van der Waals surface area contributed by atoms with Crippen LogP contribution < -0.4 is 10.6 Å². The first-order valence-corrected chi connectivity index (χ1v) is 7.30. The number of hydrogen-bond acceptors (Lipinski definition) is 1. The molecule has 19 heavy (non-hydrogen) atoms. The van der Waals surface area contributed by atoms with E-state index in [0.29, 0.717) is 6.04 Å². The van der Waals surface area contributed by atoms with Crippen LogP contribution in [0.5, 0.6) is 0 Å². The standard InChI is InChI=1S/C16H24N2O/c1-12-8-7-9-13(2)15(12)18-16(19)17-14-10-5-3-4-6-11-14/h7-9,14H,3-6,10-11H2,1-2H3,(H2,17,18,19). The Morgan fingerprint density at radius 2 is 1.63 bits per heavy atom. The molecule has 104 valence electrons. The van der Waals surface area contributed by atoms with E-state index >= 15 is 0 Å². The van der Waals surface area contributed by atoms with E-state index in [4.69, 9.17) is 0 Å². The van der Waals surface area contributed by atoms with Gasteiger partial charge in [0.1, 0.15) is 0 Å². The topological polar surface area (TPSA) is 41.1 Å². The summed E-state index contributed by atoms with van der Waals surface area (Å²) in [6.07, 6.45) is 7.29. The van der Waals surface area contributed by atoms with Crippen LogP contribution in [0, 0.1) is 13.8 Å². The summed E-state index contributed by atoms with van der Waals surface area (Å²) in [5.41, 5.74) is 3.15. The Labute approximate surface area is 115 Å². The lowest BCUT2D eigenvalue weighted by Gasteiger charge is -2.18. The van der Waals surface area contributed by atoms with Crippen molar-refractivity contribution in [3.05, 3.63) is 29.3 Å². The molecule has 2 rings (SSSR count). The number of anilines is 1. The summed E-state index contributed by atoms with van der Waals surface area (Å²) in [6.45, 7) is 4.04. The third-order valence-corrected chi connectivity index (χ3v) is 3.91. The molecule has 2 amide bonds. The van der Waals surface area contributed by atoms with Gasteiger partial charge in [-0.2, -0.15) is 0 Å². The van der Waals surface area contributed by atoms with Crippen molar-refractivity contribution in [2.45, 2.75) is 58.4 Å². The average Bonchev–Trinajstić information content (AvgIpc) is 2.63. The lowest BCUT2D eigenvalue weighted by Crippen LogP contribution is -2.37. The Hall–Kier alpha value is -1.51. The number of para-hydroxylation sites is 1.